The molecule has 0 saturated carbocycles. The summed E-state index contributed by atoms with van der Waals surface area (Å²) in [5.74, 6) is 1.21. The molecule has 0 unspecified atom stereocenters. The van der Waals surface area contributed by atoms with Gasteiger partial charge in [0.1, 0.15) is 0 Å². The minimum atomic E-state index is 0.421. The van der Waals surface area contributed by atoms with Crippen LogP contribution in [0, 0.1) is 12.8 Å². The first-order valence-corrected chi connectivity index (χ1v) is 7.42. The third-order valence-electron chi connectivity index (χ3n) is 4.76. The summed E-state index contributed by atoms with van der Waals surface area (Å²) in [6.07, 6.45) is 5.93. The van der Waals surface area contributed by atoms with Crippen LogP contribution < -0.4 is 5.32 Å². The maximum absolute atomic E-state index is 3.81. The van der Waals surface area contributed by atoms with Crippen LogP contribution in [0.3, 0.4) is 0 Å². The lowest BCUT2D eigenvalue weighted by atomic mass is 9.76. The molecule has 2 aromatic rings. The molecule has 100 valence electrons. The van der Waals surface area contributed by atoms with Crippen molar-refractivity contribution in [3.63, 3.8) is 0 Å². The van der Waals surface area contributed by atoms with Gasteiger partial charge in [0, 0.05) is 11.6 Å². The second-order valence-electron chi connectivity index (χ2n) is 5.93. The number of fused-ring (bicyclic) bond motifs is 3. The van der Waals surface area contributed by atoms with Gasteiger partial charge in [0.05, 0.1) is 6.04 Å². The Kier molecular flexibility index (Phi) is 2.66. The zero-order valence-electron chi connectivity index (χ0n) is 11.7. The molecule has 0 fully saturated rings. The summed E-state index contributed by atoms with van der Waals surface area (Å²) >= 11 is 0. The lowest BCUT2D eigenvalue weighted by Gasteiger charge is -2.38. The first-order valence-electron chi connectivity index (χ1n) is 7.42. The minimum absolute atomic E-state index is 0.421. The lowest BCUT2D eigenvalue weighted by molar-refractivity contribution is 0.425. The van der Waals surface area contributed by atoms with E-state index in [0.717, 1.165) is 0 Å². The molecule has 0 aromatic heterocycles. The summed E-state index contributed by atoms with van der Waals surface area (Å²) in [6.45, 7) is 2.20. The topological polar surface area (TPSA) is 12.0 Å². The van der Waals surface area contributed by atoms with Gasteiger partial charge in [-0.3, -0.25) is 0 Å². The van der Waals surface area contributed by atoms with E-state index in [0.29, 0.717) is 17.9 Å². The molecule has 0 radical (unpaired) electrons. The number of para-hydroxylation sites is 1. The first-order chi connectivity index (χ1) is 9.84. The van der Waals surface area contributed by atoms with Crippen molar-refractivity contribution in [3.05, 3.63) is 77.4 Å². The summed E-state index contributed by atoms with van der Waals surface area (Å²) in [4.78, 5) is 0. The molecule has 2 aliphatic rings. The van der Waals surface area contributed by atoms with Gasteiger partial charge in [0.2, 0.25) is 0 Å². The smallest absolute Gasteiger partial charge is 0.0554 e. The molecule has 0 bridgehead atoms. The van der Waals surface area contributed by atoms with E-state index >= 15 is 0 Å². The van der Waals surface area contributed by atoms with Gasteiger partial charge >= 0.3 is 0 Å². The lowest BCUT2D eigenvalue weighted by Crippen LogP contribution is -2.29. The van der Waals surface area contributed by atoms with Crippen LogP contribution >= 0.6 is 0 Å². The molecule has 3 atom stereocenters. The highest BCUT2D eigenvalue weighted by molar-refractivity contribution is 5.63. The highest BCUT2D eigenvalue weighted by atomic mass is 15.0. The Balaban J connectivity index is 1.83. The van der Waals surface area contributed by atoms with Crippen LogP contribution in [0.2, 0.25) is 0 Å². The van der Waals surface area contributed by atoms with Crippen molar-refractivity contribution < 1.29 is 0 Å². The summed E-state index contributed by atoms with van der Waals surface area (Å²) in [5.41, 5.74) is 5.56. The number of anilines is 1. The van der Waals surface area contributed by atoms with E-state index in [9.17, 15) is 0 Å². The Morgan fingerprint density at radius 1 is 1.00 bits per heavy atom. The van der Waals surface area contributed by atoms with E-state index < -0.39 is 0 Å². The van der Waals surface area contributed by atoms with Crippen molar-refractivity contribution in [2.24, 2.45) is 5.92 Å². The fourth-order valence-corrected chi connectivity index (χ4v) is 3.77. The third-order valence-corrected chi connectivity index (χ3v) is 4.76. The number of hydrogen-bond donors (Lipinski definition) is 1. The fraction of sp³-hybridized carbons (Fsp3) is 0.263. The second-order valence-corrected chi connectivity index (χ2v) is 5.93. The Labute approximate surface area is 120 Å². The third kappa shape index (κ3) is 1.70. The van der Waals surface area contributed by atoms with Gasteiger partial charge in [-0.05, 0) is 36.0 Å². The molecule has 0 spiro atoms. The molecular weight excluding hydrogens is 242 g/mol. The van der Waals surface area contributed by atoms with E-state index in [2.05, 4.69) is 72.9 Å². The number of nitrogens with one attached hydrogen (secondary N) is 1. The molecule has 0 amide bonds. The Bertz CT molecular complexity index is 657. The van der Waals surface area contributed by atoms with Crippen molar-refractivity contribution in [2.45, 2.75) is 25.3 Å². The number of allylic oxidation sites excluding steroid dienone is 2. The van der Waals surface area contributed by atoms with E-state index in [1.807, 2.05) is 0 Å². The molecule has 20 heavy (non-hydrogen) atoms. The maximum atomic E-state index is 3.81. The van der Waals surface area contributed by atoms with Crippen molar-refractivity contribution in [1.29, 1.82) is 0 Å². The zero-order valence-corrected chi connectivity index (χ0v) is 11.7. The van der Waals surface area contributed by atoms with Crippen LogP contribution in [0.1, 0.15) is 35.1 Å². The summed E-state index contributed by atoms with van der Waals surface area (Å²) < 4.78 is 0. The van der Waals surface area contributed by atoms with Crippen molar-refractivity contribution >= 4 is 5.69 Å². The predicted octanol–water partition coefficient (Wildman–Crippen LogP) is 4.82. The Morgan fingerprint density at radius 3 is 2.70 bits per heavy atom. The molecular formula is C19H19N. The summed E-state index contributed by atoms with van der Waals surface area (Å²) in [5, 5.41) is 3.81. The molecule has 1 heteroatoms. The van der Waals surface area contributed by atoms with E-state index in [4.69, 9.17) is 0 Å². The van der Waals surface area contributed by atoms with Crippen molar-refractivity contribution in [2.75, 3.05) is 5.32 Å². The Hall–Kier alpha value is -2.02. The molecule has 1 heterocycles. The number of rotatable bonds is 1. The van der Waals surface area contributed by atoms with Crippen LogP contribution in [-0.2, 0) is 0 Å². The van der Waals surface area contributed by atoms with Gasteiger partial charge in [-0.25, -0.2) is 0 Å². The van der Waals surface area contributed by atoms with Gasteiger partial charge in [-0.1, -0.05) is 60.7 Å². The number of hydrogen-bond acceptors (Lipinski definition) is 1. The van der Waals surface area contributed by atoms with Gasteiger partial charge in [0.15, 0.2) is 0 Å². The predicted molar refractivity (Wildman–Crippen MR) is 84.0 cm³/mol. The number of aryl methyl sites for hydroxylation is 1. The average molecular weight is 261 g/mol. The Morgan fingerprint density at radius 2 is 1.85 bits per heavy atom. The molecule has 0 saturated heterocycles. The van der Waals surface area contributed by atoms with Gasteiger partial charge in [-0.15, -0.1) is 0 Å². The summed E-state index contributed by atoms with van der Waals surface area (Å²) in [6, 6.07) is 18.0. The van der Waals surface area contributed by atoms with Crippen LogP contribution in [-0.4, -0.2) is 0 Å². The highest BCUT2D eigenvalue weighted by Crippen LogP contribution is 2.50. The molecule has 1 aliphatic carbocycles. The number of benzene rings is 2. The van der Waals surface area contributed by atoms with Gasteiger partial charge in [0.25, 0.3) is 0 Å². The molecule has 1 aliphatic heterocycles. The van der Waals surface area contributed by atoms with E-state index in [1.165, 1.54) is 28.8 Å². The monoisotopic (exact) mass is 261 g/mol. The van der Waals surface area contributed by atoms with Crippen LogP contribution in [0.15, 0.2) is 60.7 Å². The maximum Gasteiger partial charge on any atom is 0.0554 e. The largest absolute Gasteiger partial charge is 0.377 e. The van der Waals surface area contributed by atoms with Crippen molar-refractivity contribution in [1.82, 2.24) is 0 Å². The molecule has 1 nitrogen and oxygen atoms in total. The van der Waals surface area contributed by atoms with E-state index in [1.54, 1.807) is 0 Å². The summed E-state index contributed by atoms with van der Waals surface area (Å²) in [7, 11) is 0. The van der Waals surface area contributed by atoms with Gasteiger partial charge in [-0.2, -0.15) is 0 Å². The quantitative estimate of drug-likeness (QED) is 0.726. The zero-order chi connectivity index (χ0) is 13.5. The molecule has 4 rings (SSSR count). The van der Waals surface area contributed by atoms with Crippen LogP contribution in [0.25, 0.3) is 0 Å². The van der Waals surface area contributed by atoms with E-state index in [-0.39, 0.29) is 0 Å². The molecule has 2 aromatic carbocycles. The van der Waals surface area contributed by atoms with Gasteiger partial charge < -0.3 is 5.32 Å². The van der Waals surface area contributed by atoms with Crippen molar-refractivity contribution in [3.8, 4) is 0 Å². The second kappa shape index (κ2) is 4.52. The molecule has 1 N–H and O–H groups in total. The minimum Gasteiger partial charge on any atom is -0.377 e. The average Bonchev–Trinajstić information content (AvgIpc) is 2.97. The standard InChI is InChI=1S/C19H19N/c1-13-7-5-11-16-15-10-6-12-17(15)19(20-18(13)16)14-8-3-2-4-9-14/h2-11,15,17,19-20H,12H2,1H3/t15-,17+,19+/m0/s1. The van der Waals surface area contributed by atoms with Crippen LogP contribution in [0.5, 0.6) is 0 Å². The normalized spacial score (nSPS) is 26.8. The SMILES string of the molecule is Cc1cccc2c1N[C@H](c1ccccc1)[C@@H]1CC=C[C@@H]21. The first kappa shape index (κ1) is 11.8. The highest BCUT2D eigenvalue weighted by Gasteiger charge is 2.37. The fourth-order valence-electron chi connectivity index (χ4n) is 3.77. The van der Waals surface area contributed by atoms with Crippen LogP contribution in [0.4, 0.5) is 5.69 Å².